The highest BCUT2D eigenvalue weighted by molar-refractivity contribution is 6.03. The number of primary amides is 1. The van der Waals surface area contributed by atoms with Crippen LogP contribution in [0.2, 0.25) is 0 Å². The molecule has 5 heteroatoms. The number of carbonyl (C=O) groups excluding carboxylic acids is 1. The Morgan fingerprint density at radius 1 is 1.24 bits per heavy atom. The molecule has 0 spiro atoms. The van der Waals surface area contributed by atoms with Crippen LogP contribution in [0.15, 0.2) is 18.2 Å². The Hall–Kier alpha value is -1.88. The van der Waals surface area contributed by atoms with Crippen molar-refractivity contribution in [2.24, 2.45) is 11.5 Å². The van der Waals surface area contributed by atoms with Crippen LogP contribution >= 0.6 is 0 Å². The van der Waals surface area contributed by atoms with E-state index in [9.17, 15) is 4.79 Å². The molecule has 21 heavy (non-hydrogen) atoms. The molecule has 0 saturated heterocycles. The second-order valence-corrected chi connectivity index (χ2v) is 5.06. The lowest BCUT2D eigenvalue weighted by Crippen LogP contribution is -2.11. The molecule has 1 amide bonds. The summed E-state index contributed by atoms with van der Waals surface area (Å²) in [6, 6.07) is 5.40. The summed E-state index contributed by atoms with van der Waals surface area (Å²) < 4.78 is 0. The van der Waals surface area contributed by atoms with E-state index in [1.54, 1.807) is 12.1 Å². The third-order valence-corrected chi connectivity index (χ3v) is 2.94. The number of imidazole rings is 1. The molecule has 0 atom stereocenters. The molecule has 1 aromatic carbocycles. The minimum absolute atomic E-state index is 0.443. The normalized spacial score (nSPS) is 10.2. The third kappa shape index (κ3) is 5.19. The van der Waals surface area contributed by atoms with Crippen molar-refractivity contribution in [3.05, 3.63) is 29.6 Å². The van der Waals surface area contributed by atoms with Crippen molar-refractivity contribution in [2.75, 3.05) is 6.54 Å². The molecular formula is C16H26N4O. The maximum atomic E-state index is 11.3. The van der Waals surface area contributed by atoms with Crippen molar-refractivity contribution in [3.8, 4) is 0 Å². The fourth-order valence-corrected chi connectivity index (χ4v) is 2.01. The summed E-state index contributed by atoms with van der Waals surface area (Å²) in [5.41, 5.74) is 12.8. The van der Waals surface area contributed by atoms with E-state index in [2.05, 4.69) is 23.8 Å². The Balaban J connectivity index is 0.000000677. The van der Waals surface area contributed by atoms with Gasteiger partial charge in [-0.15, -0.1) is 0 Å². The first-order chi connectivity index (χ1) is 10.1. The average molecular weight is 290 g/mol. The van der Waals surface area contributed by atoms with Crippen molar-refractivity contribution >= 4 is 16.9 Å². The van der Waals surface area contributed by atoms with E-state index < -0.39 is 5.91 Å². The number of nitrogens with zero attached hydrogens (tertiary/aromatic N) is 1. The number of para-hydroxylation sites is 1. The molecule has 0 aliphatic carbocycles. The van der Waals surface area contributed by atoms with Crippen molar-refractivity contribution < 1.29 is 4.79 Å². The highest BCUT2D eigenvalue weighted by Crippen LogP contribution is 2.17. The highest BCUT2D eigenvalue weighted by atomic mass is 16.1. The van der Waals surface area contributed by atoms with Gasteiger partial charge in [-0.1, -0.05) is 32.8 Å². The van der Waals surface area contributed by atoms with E-state index in [0.29, 0.717) is 11.1 Å². The van der Waals surface area contributed by atoms with Crippen LogP contribution in [0.5, 0.6) is 0 Å². The standard InChI is InChI=1S/C13H18N4O.C3H8/c14-8-3-1-2-7-11-16-10-6-4-5-9(13(15)18)12(10)17-11;1-3-2/h4-6H,1-3,7-8,14H2,(H2,15,18)(H,16,17);3H2,1-2H3. The van der Waals surface area contributed by atoms with E-state index in [1.165, 1.54) is 6.42 Å². The monoisotopic (exact) mass is 290 g/mol. The molecule has 5 nitrogen and oxygen atoms in total. The lowest BCUT2D eigenvalue weighted by atomic mass is 10.2. The van der Waals surface area contributed by atoms with Crippen LogP contribution in [0.4, 0.5) is 0 Å². The van der Waals surface area contributed by atoms with Gasteiger partial charge in [0.1, 0.15) is 11.3 Å². The number of aromatic amines is 1. The Morgan fingerprint density at radius 2 is 1.95 bits per heavy atom. The van der Waals surface area contributed by atoms with Crippen molar-refractivity contribution in [1.29, 1.82) is 0 Å². The van der Waals surface area contributed by atoms with Gasteiger partial charge in [0.2, 0.25) is 0 Å². The van der Waals surface area contributed by atoms with E-state index in [0.717, 1.165) is 43.6 Å². The summed E-state index contributed by atoms with van der Waals surface area (Å²) in [7, 11) is 0. The fourth-order valence-electron chi connectivity index (χ4n) is 2.01. The van der Waals surface area contributed by atoms with Crippen molar-refractivity contribution in [2.45, 2.75) is 46.0 Å². The minimum Gasteiger partial charge on any atom is -0.366 e. The number of unbranched alkanes of at least 4 members (excludes halogenated alkanes) is 2. The predicted octanol–water partition coefficient (Wildman–Crippen LogP) is 2.75. The Bertz CT molecular complexity index is 562. The number of fused-ring (bicyclic) bond motifs is 1. The zero-order valence-electron chi connectivity index (χ0n) is 13.0. The Labute approximate surface area is 126 Å². The van der Waals surface area contributed by atoms with Crippen molar-refractivity contribution in [1.82, 2.24) is 9.97 Å². The molecule has 0 aliphatic heterocycles. The molecule has 1 aromatic heterocycles. The van der Waals surface area contributed by atoms with Crippen LogP contribution in [0, 0.1) is 0 Å². The van der Waals surface area contributed by atoms with Gasteiger partial charge < -0.3 is 16.5 Å². The van der Waals surface area contributed by atoms with E-state index >= 15 is 0 Å². The minimum atomic E-state index is -0.443. The van der Waals surface area contributed by atoms with Gasteiger partial charge >= 0.3 is 0 Å². The van der Waals surface area contributed by atoms with Crippen LogP contribution in [0.25, 0.3) is 11.0 Å². The molecule has 2 aromatic rings. The zero-order valence-corrected chi connectivity index (χ0v) is 13.0. The summed E-state index contributed by atoms with van der Waals surface area (Å²) >= 11 is 0. The first kappa shape index (κ1) is 17.2. The molecule has 0 saturated carbocycles. The molecule has 0 fully saturated rings. The number of benzene rings is 1. The van der Waals surface area contributed by atoms with E-state index in [4.69, 9.17) is 11.5 Å². The topological polar surface area (TPSA) is 97.8 Å². The van der Waals surface area contributed by atoms with Gasteiger partial charge in [-0.3, -0.25) is 4.79 Å². The van der Waals surface area contributed by atoms with Crippen molar-refractivity contribution in [3.63, 3.8) is 0 Å². The molecule has 116 valence electrons. The molecule has 0 aliphatic rings. The number of H-pyrrole nitrogens is 1. The second-order valence-electron chi connectivity index (χ2n) is 5.06. The number of aryl methyl sites for hydroxylation is 1. The van der Waals surface area contributed by atoms with Gasteiger partial charge in [-0.25, -0.2) is 4.98 Å². The number of amides is 1. The first-order valence-electron chi connectivity index (χ1n) is 7.61. The maximum absolute atomic E-state index is 11.3. The molecule has 0 unspecified atom stereocenters. The lowest BCUT2D eigenvalue weighted by Gasteiger charge is -1.96. The molecular weight excluding hydrogens is 264 g/mol. The summed E-state index contributed by atoms with van der Waals surface area (Å²) in [6.07, 6.45) is 5.29. The average Bonchev–Trinajstić information content (AvgIpc) is 2.86. The Morgan fingerprint density at radius 3 is 2.57 bits per heavy atom. The first-order valence-corrected chi connectivity index (χ1v) is 7.61. The van der Waals surface area contributed by atoms with Gasteiger partial charge in [-0.05, 0) is 31.5 Å². The quantitative estimate of drug-likeness (QED) is 0.713. The van der Waals surface area contributed by atoms with Gasteiger partial charge in [-0.2, -0.15) is 0 Å². The smallest absolute Gasteiger partial charge is 0.250 e. The third-order valence-electron chi connectivity index (χ3n) is 2.94. The number of rotatable bonds is 6. The number of hydrogen-bond acceptors (Lipinski definition) is 3. The number of nitrogens with two attached hydrogens (primary N) is 2. The van der Waals surface area contributed by atoms with Gasteiger partial charge in [0.15, 0.2) is 0 Å². The summed E-state index contributed by atoms with van der Waals surface area (Å²) in [5.74, 6) is 0.456. The second kappa shape index (κ2) is 9.13. The van der Waals surface area contributed by atoms with Crippen LogP contribution in [-0.4, -0.2) is 22.4 Å². The van der Waals surface area contributed by atoms with Gasteiger partial charge in [0.05, 0.1) is 11.1 Å². The summed E-state index contributed by atoms with van der Waals surface area (Å²) in [4.78, 5) is 18.9. The maximum Gasteiger partial charge on any atom is 0.250 e. The molecule has 1 heterocycles. The van der Waals surface area contributed by atoms with Gasteiger partial charge in [0, 0.05) is 6.42 Å². The van der Waals surface area contributed by atoms with E-state index in [-0.39, 0.29) is 0 Å². The summed E-state index contributed by atoms with van der Waals surface area (Å²) in [5, 5.41) is 0. The van der Waals surface area contributed by atoms with Gasteiger partial charge in [0.25, 0.3) is 5.91 Å². The largest absolute Gasteiger partial charge is 0.366 e. The highest BCUT2D eigenvalue weighted by Gasteiger charge is 2.10. The number of nitrogens with one attached hydrogen (secondary N) is 1. The zero-order chi connectivity index (χ0) is 15.7. The summed E-state index contributed by atoms with van der Waals surface area (Å²) in [6.45, 7) is 4.98. The van der Waals surface area contributed by atoms with Crippen LogP contribution < -0.4 is 11.5 Å². The molecule has 0 radical (unpaired) electrons. The Kier molecular flexibility index (Phi) is 7.46. The molecule has 5 N–H and O–H groups in total. The predicted molar refractivity (Wildman–Crippen MR) is 87.2 cm³/mol. The van der Waals surface area contributed by atoms with Crippen LogP contribution in [-0.2, 0) is 6.42 Å². The SMILES string of the molecule is CCC.NCCCCCc1nc2c(C(N)=O)cccc2[nH]1. The number of hydrogen-bond donors (Lipinski definition) is 3. The lowest BCUT2D eigenvalue weighted by molar-refractivity contribution is 0.100. The molecule has 0 bridgehead atoms. The van der Waals surface area contributed by atoms with Crippen LogP contribution in [0.3, 0.4) is 0 Å². The van der Waals surface area contributed by atoms with E-state index in [1.807, 2.05) is 6.07 Å². The number of carbonyl (C=O) groups is 1. The number of aromatic nitrogens is 2. The van der Waals surface area contributed by atoms with Crippen LogP contribution in [0.1, 0.15) is 55.7 Å². The fraction of sp³-hybridized carbons (Fsp3) is 0.500. The molecule has 2 rings (SSSR count).